The van der Waals surface area contributed by atoms with Gasteiger partial charge >= 0.3 is 0 Å². The second-order valence-electron chi connectivity index (χ2n) is 4.05. The number of benzene rings is 1. The van der Waals surface area contributed by atoms with Crippen molar-refractivity contribution in [3.8, 4) is 5.75 Å². The summed E-state index contributed by atoms with van der Waals surface area (Å²) in [5, 5.41) is 0. The van der Waals surface area contributed by atoms with Crippen LogP contribution in [0.5, 0.6) is 5.75 Å². The standard InChI is InChI=1S/C14H22O/c1-4-6-9-13-10-7-8-11-14(13)15-12(3)5-2/h7-8,10-12H,4-6,9H2,1-3H3/t12-/m1/s1. The van der Waals surface area contributed by atoms with Crippen LogP contribution in [0.4, 0.5) is 0 Å². The van der Waals surface area contributed by atoms with Crippen molar-refractivity contribution in [2.75, 3.05) is 0 Å². The van der Waals surface area contributed by atoms with Crippen molar-refractivity contribution < 1.29 is 4.74 Å². The van der Waals surface area contributed by atoms with Gasteiger partial charge in [0.05, 0.1) is 6.10 Å². The Labute approximate surface area is 93.5 Å². The van der Waals surface area contributed by atoms with Gasteiger partial charge in [0, 0.05) is 0 Å². The number of para-hydroxylation sites is 1. The Morgan fingerprint density at radius 1 is 1.20 bits per heavy atom. The van der Waals surface area contributed by atoms with Crippen molar-refractivity contribution in [2.24, 2.45) is 0 Å². The van der Waals surface area contributed by atoms with Gasteiger partial charge in [0.2, 0.25) is 0 Å². The van der Waals surface area contributed by atoms with E-state index in [9.17, 15) is 0 Å². The van der Waals surface area contributed by atoms with Gasteiger partial charge in [0.25, 0.3) is 0 Å². The van der Waals surface area contributed by atoms with Gasteiger partial charge in [-0.25, -0.2) is 0 Å². The van der Waals surface area contributed by atoms with E-state index in [4.69, 9.17) is 4.74 Å². The van der Waals surface area contributed by atoms with Crippen LogP contribution in [0.25, 0.3) is 0 Å². The van der Waals surface area contributed by atoms with E-state index in [1.807, 2.05) is 6.07 Å². The first-order valence-corrected chi connectivity index (χ1v) is 6.02. The molecule has 0 spiro atoms. The maximum absolute atomic E-state index is 5.89. The van der Waals surface area contributed by atoms with Gasteiger partial charge in [0.1, 0.15) is 5.75 Å². The molecular weight excluding hydrogens is 184 g/mol. The Balaban J connectivity index is 2.67. The van der Waals surface area contributed by atoms with Crippen LogP contribution in [-0.4, -0.2) is 6.10 Å². The van der Waals surface area contributed by atoms with E-state index in [0.717, 1.165) is 18.6 Å². The van der Waals surface area contributed by atoms with E-state index >= 15 is 0 Å². The van der Waals surface area contributed by atoms with Gasteiger partial charge in [-0.2, -0.15) is 0 Å². The fraction of sp³-hybridized carbons (Fsp3) is 0.571. The molecule has 84 valence electrons. The average Bonchev–Trinajstić information content (AvgIpc) is 2.28. The molecule has 0 unspecified atom stereocenters. The molecule has 1 atom stereocenters. The third-order valence-corrected chi connectivity index (χ3v) is 2.68. The van der Waals surface area contributed by atoms with Crippen LogP contribution in [0.3, 0.4) is 0 Å². The molecule has 0 amide bonds. The molecule has 15 heavy (non-hydrogen) atoms. The number of hydrogen-bond donors (Lipinski definition) is 0. The zero-order valence-corrected chi connectivity index (χ0v) is 10.1. The minimum atomic E-state index is 0.313. The lowest BCUT2D eigenvalue weighted by Gasteiger charge is -2.15. The normalized spacial score (nSPS) is 12.5. The summed E-state index contributed by atoms with van der Waals surface area (Å²) in [6, 6.07) is 8.39. The molecule has 0 radical (unpaired) electrons. The highest BCUT2D eigenvalue weighted by Crippen LogP contribution is 2.21. The Morgan fingerprint density at radius 2 is 1.93 bits per heavy atom. The number of hydrogen-bond acceptors (Lipinski definition) is 1. The molecule has 0 bridgehead atoms. The lowest BCUT2D eigenvalue weighted by Crippen LogP contribution is -2.11. The Kier molecular flexibility index (Phi) is 5.23. The monoisotopic (exact) mass is 206 g/mol. The summed E-state index contributed by atoms with van der Waals surface area (Å²) in [5.41, 5.74) is 1.35. The van der Waals surface area contributed by atoms with Crippen molar-refractivity contribution in [1.82, 2.24) is 0 Å². The van der Waals surface area contributed by atoms with Crippen molar-refractivity contribution in [3.05, 3.63) is 29.8 Å². The van der Waals surface area contributed by atoms with Crippen molar-refractivity contribution in [2.45, 2.75) is 52.6 Å². The molecule has 1 heteroatoms. The fourth-order valence-electron chi connectivity index (χ4n) is 1.49. The molecule has 0 aliphatic carbocycles. The molecule has 0 N–H and O–H groups in total. The van der Waals surface area contributed by atoms with Crippen LogP contribution in [-0.2, 0) is 6.42 Å². The summed E-state index contributed by atoms with van der Waals surface area (Å²) in [7, 11) is 0. The van der Waals surface area contributed by atoms with E-state index in [0.29, 0.717) is 6.10 Å². The summed E-state index contributed by atoms with van der Waals surface area (Å²) >= 11 is 0. The summed E-state index contributed by atoms with van der Waals surface area (Å²) in [5.74, 6) is 1.07. The maximum atomic E-state index is 5.89. The van der Waals surface area contributed by atoms with Gasteiger partial charge in [-0.1, -0.05) is 38.5 Å². The van der Waals surface area contributed by atoms with Crippen LogP contribution < -0.4 is 4.74 Å². The fourth-order valence-corrected chi connectivity index (χ4v) is 1.49. The predicted octanol–water partition coefficient (Wildman–Crippen LogP) is 4.21. The van der Waals surface area contributed by atoms with Gasteiger partial charge in [-0.15, -0.1) is 0 Å². The Bertz CT molecular complexity index is 280. The van der Waals surface area contributed by atoms with Crippen molar-refractivity contribution in [3.63, 3.8) is 0 Å². The number of unbranched alkanes of at least 4 members (excludes halogenated alkanes) is 1. The van der Waals surface area contributed by atoms with Crippen LogP contribution in [0, 0.1) is 0 Å². The number of ether oxygens (including phenoxy) is 1. The van der Waals surface area contributed by atoms with Gasteiger partial charge in [-0.3, -0.25) is 0 Å². The van der Waals surface area contributed by atoms with Gasteiger partial charge in [-0.05, 0) is 37.8 Å². The average molecular weight is 206 g/mol. The second-order valence-corrected chi connectivity index (χ2v) is 4.05. The van der Waals surface area contributed by atoms with Crippen LogP contribution in [0.1, 0.15) is 45.6 Å². The van der Waals surface area contributed by atoms with E-state index in [-0.39, 0.29) is 0 Å². The summed E-state index contributed by atoms with van der Waals surface area (Å²) in [6.45, 7) is 6.49. The first-order chi connectivity index (χ1) is 7.27. The minimum absolute atomic E-state index is 0.313. The summed E-state index contributed by atoms with van der Waals surface area (Å²) in [6.07, 6.45) is 4.97. The zero-order valence-electron chi connectivity index (χ0n) is 10.1. The molecular formula is C14H22O. The topological polar surface area (TPSA) is 9.23 Å². The maximum Gasteiger partial charge on any atom is 0.122 e. The van der Waals surface area contributed by atoms with E-state index in [1.54, 1.807) is 0 Å². The highest BCUT2D eigenvalue weighted by molar-refractivity contribution is 5.33. The van der Waals surface area contributed by atoms with E-state index in [2.05, 4.69) is 39.0 Å². The molecule has 0 saturated heterocycles. The molecule has 1 aromatic rings. The highest BCUT2D eigenvalue weighted by atomic mass is 16.5. The van der Waals surface area contributed by atoms with Crippen molar-refractivity contribution >= 4 is 0 Å². The number of aryl methyl sites for hydroxylation is 1. The molecule has 0 fully saturated rings. The third kappa shape index (κ3) is 3.94. The smallest absolute Gasteiger partial charge is 0.122 e. The zero-order chi connectivity index (χ0) is 11.1. The van der Waals surface area contributed by atoms with Crippen LogP contribution in [0.2, 0.25) is 0 Å². The van der Waals surface area contributed by atoms with Gasteiger partial charge < -0.3 is 4.74 Å². The quantitative estimate of drug-likeness (QED) is 0.677. The molecule has 1 rings (SSSR count). The SMILES string of the molecule is CCCCc1ccccc1O[C@H](C)CC. The van der Waals surface area contributed by atoms with Gasteiger partial charge in [0.15, 0.2) is 0 Å². The third-order valence-electron chi connectivity index (χ3n) is 2.68. The summed E-state index contributed by atoms with van der Waals surface area (Å²) in [4.78, 5) is 0. The lowest BCUT2D eigenvalue weighted by atomic mass is 10.1. The largest absolute Gasteiger partial charge is 0.490 e. The Hall–Kier alpha value is -0.980. The first kappa shape index (κ1) is 12.1. The molecule has 0 heterocycles. The molecule has 0 saturated carbocycles. The van der Waals surface area contributed by atoms with E-state index in [1.165, 1.54) is 18.4 Å². The first-order valence-electron chi connectivity index (χ1n) is 6.02. The Morgan fingerprint density at radius 3 is 2.60 bits per heavy atom. The molecule has 1 nitrogen and oxygen atoms in total. The minimum Gasteiger partial charge on any atom is -0.490 e. The molecule has 0 aliphatic heterocycles. The highest BCUT2D eigenvalue weighted by Gasteiger charge is 2.05. The summed E-state index contributed by atoms with van der Waals surface area (Å²) < 4.78 is 5.89. The van der Waals surface area contributed by atoms with Crippen molar-refractivity contribution in [1.29, 1.82) is 0 Å². The van der Waals surface area contributed by atoms with Crippen LogP contribution in [0.15, 0.2) is 24.3 Å². The van der Waals surface area contributed by atoms with E-state index < -0.39 is 0 Å². The molecule has 1 aromatic carbocycles. The second kappa shape index (κ2) is 6.49. The molecule has 0 aliphatic rings. The predicted molar refractivity (Wildman–Crippen MR) is 65.4 cm³/mol. The molecule has 0 aromatic heterocycles. The lowest BCUT2D eigenvalue weighted by molar-refractivity contribution is 0.215. The number of rotatable bonds is 6. The van der Waals surface area contributed by atoms with Crippen LogP contribution >= 0.6 is 0 Å².